The summed E-state index contributed by atoms with van der Waals surface area (Å²) in [6.07, 6.45) is 0. The Labute approximate surface area is 333 Å². The van der Waals surface area contributed by atoms with Crippen molar-refractivity contribution < 1.29 is 4.74 Å². The maximum absolute atomic E-state index is 6.82. The van der Waals surface area contributed by atoms with Gasteiger partial charge in [-0.25, -0.2) is 0 Å². The van der Waals surface area contributed by atoms with Gasteiger partial charge >= 0.3 is 0 Å². The van der Waals surface area contributed by atoms with E-state index in [0.29, 0.717) is 0 Å². The lowest BCUT2D eigenvalue weighted by Gasteiger charge is -2.40. The van der Waals surface area contributed by atoms with Gasteiger partial charge in [0.15, 0.2) is 0 Å². The summed E-state index contributed by atoms with van der Waals surface area (Å²) >= 11 is 0. The van der Waals surface area contributed by atoms with Crippen LogP contribution in [0.15, 0.2) is 224 Å². The summed E-state index contributed by atoms with van der Waals surface area (Å²) in [5, 5.41) is 0. The first kappa shape index (κ1) is 33.0. The molecule has 9 aromatic rings. The standard InChI is InChI=1S/C55H37NO/c1-3-15-38(16-4-1)40-29-31-41(32-30-40)43-20-14-22-45(36-43)56(44-21-13-19-42(35-44)39-17-5-2-6-18-39)46-33-34-54-52(37-46)55(51-27-11-12-28-53(51)57-54)49-25-9-7-23-47(49)48-24-8-10-26-50(48)55/h1-37H. The third-order valence-electron chi connectivity index (χ3n) is 11.7. The summed E-state index contributed by atoms with van der Waals surface area (Å²) in [5.41, 5.74) is 17.1. The predicted molar refractivity (Wildman–Crippen MR) is 235 cm³/mol. The Kier molecular flexibility index (Phi) is 7.75. The molecule has 1 aliphatic heterocycles. The Bertz CT molecular complexity index is 2890. The number of para-hydroxylation sites is 1. The minimum absolute atomic E-state index is 0.562. The molecule has 0 saturated carbocycles. The lowest BCUT2D eigenvalue weighted by molar-refractivity contribution is 0.436. The zero-order chi connectivity index (χ0) is 37.8. The average molecular weight is 728 g/mol. The van der Waals surface area contributed by atoms with Crippen LogP contribution < -0.4 is 9.64 Å². The minimum atomic E-state index is -0.562. The van der Waals surface area contributed by atoms with Crippen molar-refractivity contribution in [3.8, 4) is 56.0 Å². The molecule has 0 unspecified atom stereocenters. The number of benzene rings is 9. The Morgan fingerprint density at radius 2 is 0.702 bits per heavy atom. The van der Waals surface area contributed by atoms with E-state index in [9.17, 15) is 0 Å². The molecular formula is C55H37NO. The molecular weight excluding hydrogens is 691 g/mol. The van der Waals surface area contributed by atoms with Crippen LogP contribution in [-0.4, -0.2) is 0 Å². The quantitative estimate of drug-likeness (QED) is 0.169. The molecule has 9 aromatic carbocycles. The lowest BCUT2D eigenvalue weighted by Crippen LogP contribution is -2.32. The number of fused-ring (bicyclic) bond motifs is 9. The SMILES string of the molecule is c1ccc(-c2ccc(-c3cccc(N(c4cccc(-c5ccccc5)c4)c4ccc5c(c4)C4(c6ccccc6O5)c5ccccc5-c5ccccc54)c3)cc2)cc1. The second-order valence-corrected chi connectivity index (χ2v) is 14.9. The van der Waals surface area contributed by atoms with E-state index in [0.717, 1.165) is 50.8 Å². The highest BCUT2D eigenvalue weighted by atomic mass is 16.5. The molecule has 268 valence electrons. The molecule has 0 atom stereocenters. The summed E-state index contributed by atoms with van der Waals surface area (Å²) < 4.78 is 6.82. The van der Waals surface area contributed by atoms with Crippen molar-refractivity contribution in [1.82, 2.24) is 0 Å². The third-order valence-corrected chi connectivity index (χ3v) is 11.7. The third kappa shape index (κ3) is 5.33. The molecule has 0 aromatic heterocycles. The molecule has 1 aliphatic carbocycles. The molecule has 1 spiro atoms. The first-order valence-electron chi connectivity index (χ1n) is 19.6. The van der Waals surface area contributed by atoms with Crippen molar-refractivity contribution in [2.24, 2.45) is 0 Å². The van der Waals surface area contributed by atoms with Gasteiger partial charge in [-0.3, -0.25) is 0 Å². The molecule has 2 aliphatic rings. The van der Waals surface area contributed by atoms with Crippen molar-refractivity contribution in [2.45, 2.75) is 5.41 Å². The number of hydrogen-bond donors (Lipinski definition) is 0. The second kappa shape index (κ2) is 13.4. The average Bonchev–Trinajstić information content (AvgIpc) is 3.58. The van der Waals surface area contributed by atoms with Gasteiger partial charge in [-0.2, -0.15) is 0 Å². The maximum atomic E-state index is 6.82. The fourth-order valence-corrected chi connectivity index (χ4v) is 9.20. The molecule has 0 saturated heterocycles. The van der Waals surface area contributed by atoms with Crippen LogP contribution in [0.25, 0.3) is 44.5 Å². The lowest BCUT2D eigenvalue weighted by atomic mass is 9.66. The number of nitrogens with zero attached hydrogens (tertiary/aromatic N) is 1. The van der Waals surface area contributed by atoms with Gasteiger partial charge in [-0.05, 0) is 104 Å². The molecule has 0 N–H and O–H groups in total. The van der Waals surface area contributed by atoms with Crippen molar-refractivity contribution >= 4 is 17.1 Å². The van der Waals surface area contributed by atoms with Crippen molar-refractivity contribution in [3.63, 3.8) is 0 Å². The number of hydrogen-bond acceptors (Lipinski definition) is 2. The topological polar surface area (TPSA) is 12.5 Å². The Morgan fingerprint density at radius 3 is 1.30 bits per heavy atom. The summed E-state index contributed by atoms with van der Waals surface area (Å²) in [7, 11) is 0. The van der Waals surface area contributed by atoms with Crippen molar-refractivity contribution in [3.05, 3.63) is 247 Å². The Hall–Kier alpha value is -7.42. The second-order valence-electron chi connectivity index (χ2n) is 14.9. The van der Waals surface area contributed by atoms with Gasteiger partial charge in [0.2, 0.25) is 0 Å². The smallest absolute Gasteiger partial charge is 0.132 e. The molecule has 0 radical (unpaired) electrons. The molecule has 1 heterocycles. The molecule has 2 heteroatoms. The van der Waals surface area contributed by atoms with Gasteiger partial charge in [-0.15, -0.1) is 0 Å². The molecule has 0 bridgehead atoms. The molecule has 0 fully saturated rings. The predicted octanol–water partition coefficient (Wildman–Crippen LogP) is 14.6. The number of ether oxygens (including phenoxy) is 1. The van der Waals surface area contributed by atoms with E-state index in [1.165, 1.54) is 44.5 Å². The van der Waals surface area contributed by atoms with Crippen LogP contribution >= 0.6 is 0 Å². The normalized spacial score (nSPS) is 12.8. The van der Waals surface area contributed by atoms with E-state index < -0.39 is 5.41 Å². The first-order valence-corrected chi connectivity index (χ1v) is 19.6. The van der Waals surface area contributed by atoms with Crippen molar-refractivity contribution in [2.75, 3.05) is 4.90 Å². The summed E-state index contributed by atoms with van der Waals surface area (Å²) in [5.74, 6) is 1.76. The van der Waals surface area contributed by atoms with Crippen LogP contribution in [0.1, 0.15) is 22.3 Å². The van der Waals surface area contributed by atoms with Gasteiger partial charge < -0.3 is 9.64 Å². The minimum Gasteiger partial charge on any atom is -0.457 e. The van der Waals surface area contributed by atoms with Gasteiger partial charge in [0.05, 0.1) is 5.41 Å². The Morgan fingerprint density at radius 1 is 0.281 bits per heavy atom. The highest BCUT2D eigenvalue weighted by Crippen LogP contribution is 2.62. The number of anilines is 3. The zero-order valence-corrected chi connectivity index (χ0v) is 31.2. The van der Waals surface area contributed by atoms with Crippen LogP contribution in [0.4, 0.5) is 17.1 Å². The van der Waals surface area contributed by atoms with Crippen LogP contribution in [-0.2, 0) is 5.41 Å². The molecule has 2 nitrogen and oxygen atoms in total. The highest BCUT2D eigenvalue weighted by Gasteiger charge is 2.51. The van der Waals surface area contributed by atoms with Gasteiger partial charge in [0.1, 0.15) is 11.5 Å². The molecule has 11 rings (SSSR count). The van der Waals surface area contributed by atoms with E-state index in [1.54, 1.807) is 0 Å². The Balaban J connectivity index is 1.12. The van der Waals surface area contributed by atoms with Crippen molar-refractivity contribution in [1.29, 1.82) is 0 Å². The number of rotatable bonds is 6. The van der Waals surface area contributed by atoms with Crippen LogP contribution in [0.2, 0.25) is 0 Å². The summed E-state index contributed by atoms with van der Waals surface area (Å²) in [6.45, 7) is 0. The summed E-state index contributed by atoms with van der Waals surface area (Å²) in [6, 6.07) is 81.0. The first-order chi connectivity index (χ1) is 28.3. The van der Waals surface area contributed by atoms with E-state index in [1.807, 2.05) is 0 Å². The maximum Gasteiger partial charge on any atom is 0.132 e. The van der Waals surface area contributed by atoms with Crippen LogP contribution in [0.5, 0.6) is 11.5 Å². The zero-order valence-electron chi connectivity index (χ0n) is 31.2. The van der Waals surface area contributed by atoms with Gasteiger partial charge in [-0.1, -0.05) is 176 Å². The molecule has 0 amide bonds. The highest BCUT2D eigenvalue weighted by molar-refractivity contribution is 5.90. The van der Waals surface area contributed by atoms with E-state index in [-0.39, 0.29) is 0 Å². The van der Waals surface area contributed by atoms with E-state index in [4.69, 9.17) is 4.74 Å². The van der Waals surface area contributed by atoms with Crippen LogP contribution in [0.3, 0.4) is 0 Å². The van der Waals surface area contributed by atoms with Gasteiger partial charge in [0, 0.05) is 28.2 Å². The largest absolute Gasteiger partial charge is 0.457 e. The van der Waals surface area contributed by atoms with Crippen LogP contribution in [0, 0.1) is 0 Å². The monoisotopic (exact) mass is 727 g/mol. The van der Waals surface area contributed by atoms with E-state index in [2.05, 4.69) is 229 Å². The van der Waals surface area contributed by atoms with E-state index >= 15 is 0 Å². The fourth-order valence-electron chi connectivity index (χ4n) is 9.20. The fraction of sp³-hybridized carbons (Fsp3) is 0.0182. The molecule has 57 heavy (non-hydrogen) atoms. The van der Waals surface area contributed by atoms with Gasteiger partial charge in [0.25, 0.3) is 0 Å². The summed E-state index contributed by atoms with van der Waals surface area (Å²) in [4.78, 5) is 2.40.